The average molecular weight is 475 g/mol. The Morgan fingerprint density at radius 1 is 0.882 bits per heavy atom. The minimum Gasteiger partial charge on any atom is -0.295 e. The quantitative estimate of drug-likeness (QED) is 0.387. The van der Waals surface area contributed by atoms with Gasteiger partial charge >= 0.3 is 0 Å². The second kappa shape index (κ2) is 9.15. The molecule has 0 unspecified atom stereocenters. The highest BCUT2D eigenvalue weighted by atomic mass is 32.2. The zero-order valence-corrected chi connectivity index (χ0v) is 20.3. The SMILES string of the molecule is Cc1ccc(-n2[nH]c(C)c(C=Nc3ccc(S(=O)(=O)Nc4ccccc4C)cc3)c2=O)cc1C. The molecule has 34 heavy (non-hydrogen) atoms. The molecule has 0 aliphatic rings. The van der Waals surface area contributed by atoms with Crippen LogP contribution < -0.4 is 10.3 Å². The van der Waals surface area contributed by atoms with E-state index < -0.39 is 10.0 Å². The van der Waals surface area contributed by atoms with E-state index in [1.807, 2.05) is 58.0 Å². The standard InChI is InChI=1S/C26H26N4O3S/c1-17-9-12-22(15-19(17)3)30-26(31)24(20(4)28-30)16-27-21-10-13-23(14-11-21)34(32,33)29-25-8-6-5-7-18(25)2/h5-16,28-29H,1-4H3. The first kappa shape index (κ1) is 23.3. The molecule has 0 saturated carbocycles. The Kier molecular flexibility index (Phi) is 6.26. The van der Waals surface area contributed by atoms with E-state index in [9.17, 15) is 13.2 Å². The molecule has 0 aliphatic carbocycles. The van der Waals surface area contributed by atoms with Crippen LogP contribution in [0.4, 0.5) is 11.4 Å². The van der Waals surface area contributed by atoms with Gasteiger partial charge in [-0.2, -0.15) is 0 Å². The van der Waals surface area contributed by atoms with Crippen LogP contribution in [0.15, 0.2) is 81.4 Å². The van der Waals surface area contributed by atoms with Crippen molar-refractivity contribution >= 4 is 27.6 Å². The fraction of sp³-hybridized carbons (Fsp3) is 0.154. The smallest absolute Gasteiger partial charge is 0.280 e. The molecule has 0 saturated heterocycles. The lowest BCUT2D eigenvalue weighted by atomic mass is 10.1. The number of rotatable bonds is 6. The van der Waals surface area contributed by atoms with Gasteiger partial charge in [0.2, 0.25) is 0 Å². The average Bonchev–Trinajstić information content (AvgIpc) is 3.09. The number of hydrogen-bond donors (Lipinski definition) is 2. The number of nitrogens with zero attached hydrogens (tertiary/aromatic N) is 2. The van der Waals surface area contributed by atoms with Gasteiger partial charge in [0.25, 0.3) is 15.6 Å². The van der Waals surface area contributed by atoms with Gasteiger partial charge in [-0.1, -0.05) is 24.3 Å². The molecule has 174 valence electrons. The van der Waals surface area contributed by atoms with Gasteiger partial charge in [0.1, 0.15) is 0 Å². The van der Waals surface area contributed by atoms with Crippen LogP contribution in [-0.4, -0.2) is 24.4 Å². The molecule has 0 aliphatic heterocycles. The zero-order valence-electron chi connectivity index (χ0n) is 19.5. The zero-order chi connectivity index (χ0) is 24.5. The molecule has 1 heterocycles. The molecule has 3 aromatic carbocycles. The van der Waals surface area contributed by atoms with Crippen molar-refractivity contribution in [2.75, 3.05) is 4.72 Å². The highest BCUT2D eigenvalue weighted by Gasteiger charge is 2.15. The Balaban J connectivity index is 1.56. The maximum absolute atomic E-state index is 12.9. The van der Waals surface area contributed by atoms with Gasteiger partial charge in [0, 0.05) is 11.9 Å². The highest BCUT2D eigenvalue weighted by molar-refractivity contribution is 7.92. The maximum atomic E-state index is 12.9. The molecular weight excluding hydrogens is 448 g/mol. The van der Waals surface area contributed by atoms with E-state index in [-0.39, 0.29) is 10.5 Å². The van der Waals surface area contributed by atoms with E-state index in [0.29, 0.717) is 22.6 Å². The van der Waals surface area contributed by atoms with Gasteiger partial charge < -0.3 is 0 Å². The number of aryl methyl sites for hydroxylation is 4. The Morgan fingerprint density at radius 2 is 1.59 bits per heavy atom. The van der Waals surface area contributed by atoms with Crippen LogP contribution in [0.5, 0.6) is 0 Å². The van der Waals surface area contributed by atoms with Gasteiger partial charge in [0.05, 0.1) is 27.5 Å². The van der Waals surface area contributed by atoms with Crippen molar-refractivity contribution in [2.24, 2.45) is 4.99 Å². The highest BCUT2D eigenvalue weighted by Crippen LogP contribution is 2.21. The monoisotopic (exact) mass is 474 g/mol. The van der Waals surface area contributed by atoms with E-state index >= 15 is 0 Å². The van der Waals surface area contributed by atoms with Crippen molar-refractivity contribution in [1.29, 1.82) is 0 Å². The third-order valence-electron chi connectivity index (χ3n) is 5.74. The number of sulfonamides is 1. The second-order valence-electron chi connectivity index (χ2n) is 8.23. The van der Waals surface area contributed by atoms with Crippen LogP contribution in [-0.2, 0) is 10.0 Å². The summed E-state index contributed by atoms with van der Waals surface area (Å²) >= 11 is 0. The van der Waals surface area contributed by atoms with E-state index in [1.54, 1.807) is 24.3 Å². The van der Waals surface area contributed by atoms with Gasteiger partial charge in [0.15, 0.2) is 0 Å². The van der Waals surface area contributed by atoms with E-state index in [2.05, 4.69) is 14.8 Å². The van der Waals surface area contributed by atoms with Crippen LogP contribution in [0, 0.1) is 27.7 Å². The van der Waals surface area contributed by atoms with E-state index in [0.717, 1.165) is 22.4 Å². The minimum absolute atomic E-state index is 0.129. The van der Waals surface area contributed by atoms with Crippen molar-refractivity contribution in [2.45, 2.75) is 32.6 Å². The third kappa shape index (κ3) is 4.72. The van der Waals surface area contributed by atoms with Gasteiger partial charge in [-0.3, -0.25) is 19.6 Å². The van der Waals surface area contributed by atoms with Crippen molar-refractivity contribution in [3.05, 3.63) is 105 Å². The summed E-state index contributed by atoms with van der Waals surface area (Å²) < 4.78 is 29.5. The van der Waals surface area contributed by atoms with Crippen LogP contribution in [0.2, 0.25) is 0 Å². The van der Waals surface area contributed by atoms with Crippen molar-refractivity contribution in [1.82, 2.24) is 9.78 Å². The minimum atomic E-state index is -3.73. The van der Waals surface area contributed by atoms with Crippen molar-refractivity contribution in [3.63, 3.8) is 0 Å². The molecule has 2 N–H and O–H groups in total. The molecule has 0 atom stereocenters. The molecule has 1 aromatic heterocycles. The molecule has 0 radical (unpaired) electrons. The predicted molar refractivity (Wildman–Crippen MR) is 136 cm³/mol. The lowest BCUT2D eigenvalue weighted by Gasteiger charge is -2.10. The number of aromatic nitrogens is 2. The number of aliphatic imine (C=N–C) groups is 1. The number of anilines is 1. The summed E-state index contributed by atoms with van der Waals surface area (Å²) in [4.78, 5) is 17.5. The summed E-state index contributed by atoms with van der Waals surface area (Å²) in [5.74, 6) is 0. The first-order valence-corrected chi connectivity index (χ1v) is 12.3. The Morgan fingerprint density at radius 3 is 2.26 bits per heavy atom. The molecule has 8 heteroatoms. The van der Waals surface area contributed by atoms with Crippen LogP contribution in [0.25, 0.3) is 5.69 Å². The first-order valence-electron chi connectivity index (χ1n) is 10.8. The van der Waals surface area contributed by atoms with Crippen LogP contribution in [0.1, 0.15) is 27.9 Å². The molecule has 0 amide bonds. The third-order valence-corrected chi connectivity index (χ3v) is 7.13. The summed E-state index contributed by atoms with van der Waals surface area (Å²) in [6, 6.07) is 19.2. The second-order valence-corrected chi connectivity index (χ2v) is 9.91. The molecular formula is C26H26N4O3S. The maximum Gasteiger partial charge on any atom is 0.280 e. The summed E-state index contributed by atoms with van der Waals surface area (Å²) in [7, 11) is -3.73. The Bertz CT molecular complexity index is 1550. The number of nitrogens with one attached hydrogen (secondary N) is 2. The fourth-order valence-corrected chi connectivity index (χ4v) is 4.63. The molecule has 4 aromatic rings. The van der Waals surface area contributed by atoms with Gasteiger partial charge in [-0.15, -0.1) is 0 Å². The topological polar surface area (TPSA) is 96.3 Å². The number of benzene rings is 3. The van der Waals surface area contributed by atoms with E-state index in [1.165, 1.54) is 23.0 Å². The van der Waals surface area contributed by atoms with Gasteiger partial charge in [-0.05, 0) is 86.8 Å². The number of H-pyrrole nitrogens is 1. The predicted octanol–water partition coefficient (Wildman–Crippen LogP) is 4.95. The summed E-state index contributed by atoms with van der Waals surface area (Å²) in [6.45, 7) is 7.68. The summed E-state index contributed by atoms with van der Waals surface area (Å²) in [5, 5.41) is 3.09. The lowest BCUT2D eigenvalue weighted by molar-refractivity contribution is 0.601. The van der Waals surface area contributed by atoms with Crippen molar-refractivity contribution in [3.8, 4) is 5.69 Å². The summed E-state index contributed by atoms with van der Waals surface area (Å²) in [6.07, 6.45) is 1.50. The molecule has 4 rings (SSSR count). The lowest BCUT2D eigenvalue weighted by Crippen LogP contribution is -2.17. The van der Waals surface area contributed by atoms with E-state index in [4.69, 9.17) is 0 Å². The van der Waals surface area contributed by atoms with Crippen LogP contribution >= 0.6 is 0 Å². The number of hydrogen-bond acceptors (Lipinski definition) is 4. The number of para-hydroxylation sites is 1. The Labute approximate surface area is 198 Å². The van der Waals surface area contributed by atoms with Crippen LogP contribution in [0.3, 0.4) is 0 Å². The van der Waals surface area contributed by atoms with Crippen molar-refractivity contribution < 1.29 is 8.42 Å². The first-order chi connectivity index (χ1) is 16.2. The Hall–Kier alpha value is -3.91. The molecule has 0 fully saturated rings. The molecule has 7 nitrogen and oxygen atoms in total. The normalized spacial score (nSPS) is 11.8. The summed E-state index contributed by atoms with van der Waals surface area (Å²) in [5.41, 5.74) is 5.84. The molecule has 0 bridgehead atoms. The fourth-order valence-electron chi connectivity index (χ4n) is 3.50. The largest absolute Gasteiger partial charge is 0.295 e. The molecule has 0 spiro atoms. The number of aromatic amines is 1. The van der Waals surface area contributed by atoms with Gasteiger partial charge in [-0.25, -0.2) is 13.1 Å².